The Hall–Kier alpha value is -4.06. The van der Waals surface area contributed by atoms with Gasteiger partial charge in [0.05, 0.1) is 29.5 Å². The highest BCUT2D eigenvalue weighted by atomic mass is 16.6. The minimum Gasteiger partial charge on any atom is -0.506 e. The molecule has 0 aliphatic heterocycles. The maximum absolute atomic E-state index is 12.2. The van der Waals surface area contributed by atoms with Gasteiger partial charge in [0.1, 0.15) is 23.1 Å². The molecule has 0 heterocycles. The molecular weight excluding hydrogens is 340 g/mol. The second-order valence-corrected chi connectivity index (χ2v) is 4.93. The van der Waals surface area contributed by atoms with Gasteiger partial charge in [-0.15, -0.1) is 0 Å². The molecule has 1 amide bonds. The fourth-order valence-electron chi connectivity index (χ4n) is 1.98. The molecule has 0 bridgehead atoms. The number of nitriles is 1. The summed E-state index contributed by atoms with van der Waals surface area (Å²) in [5.41, 5.74) is 0.0264. The highest BCUT2D eigenvalue weighted by molar-refractivity contribution is 6.07. The molecule has 2 rings (SSSR count). The summed E-state index contributed by atoms with van der Waals surface area (Å²) in [4.78, 5) is 22.4. The van der Waals surface area contributed by atoms with Crippen molar-refractivity contribution in [1.29, 1.82) is 5.26 Å². The number of hydrogen-bond acceptors (Lipinski definition) is 7. The third-order valence-electron chi connectivity index (χ3n) is 3.29. The van der Waals surface area contributed by atoms with Crippen molar-refractivity contribution in [1.82, 2.24) is 0 Å². The first-order chi connectivity index (χ1) is 12.5. The van der Waals surface area contributed by atoms with E-state index >= 15 is 0 Å². The predicted molar refractivity (Wildman–Crippen MR) is 93.7 cm³/mol. The Morgan fingerprint density at radius 3 is 2.65 bits per heavy atom. The number of ether oxygens (including phenoxy) is 1. The zero-order chi connectivity index (χ0) is 19.1. The van der Waals surface area contributed by atoms with Crippen LogP contribution in [0.2, 0.25) is 0 Å². The molecule has 0 fully saturated rings. The van der Waals surface area contributed by atoms with E-state index in [0.717, 1.165) is 12.3 Å². The summed E-state index contributed by atoms with van der Waals surface area (Å²) in [5.74, 6) is -0.709. The molecular formula is C17H14N4O5. The first kappa shape index (κ1) is 18.3. The van der Waals surface area contributed by atoms with E-state index in [4.69, 9.17) is 10.00 Å². The number of benzene rings is 2. The van der Waals surface area contributed by atoms with Gasteiger partial charge in [0.15, 0.2) is 0 Å². The van der Waals surface area contributed by atoms with Crippen LogP contribution in [0, 0.1) is 21.4 Å². The van der Waals surface area contributed by atoms with Crippen LogP contribution in [-0.2, 0) is 4.79 Å². The molecule has 2 aromatic carbocycles. The zero-order valence-electron chi connectivity index (χ0n) is 13.6. The minimum absolute atomic E-state index is 0.0431. The second-order valence-electron chi connectivity index (χ2n) is 4.93. The van der Waals surface area contributed by atoms with Crippen molar-refractivity contribution in [3.8, 4) is 17.6 Å². The Labute approximate surface area is 148 Å². The largest absolute Gasteiger partial charge is 0.506 e. The van der Waals surface area contributed by atoms with Gasteiger partial charge < -0.3 is 20.5 Å². The lowest BCUT2D eigenvalue weighted by Gasteiger charge is -2.10. The van der Waals surface area contributed by atoms with Gasteiger partial charge in [-0.2, -0.15) is 5.26 Å². The fraction of sp³-hybridized carbons (Fsp3) is 0.0588. The number of carbonyl (C=O) groups excluding carboxylic acids is 1. The van der Waals surface area contributed by atoms with Gasteiger partial charge in [-0.05, 0) is 18.2 Å². The number of non-ortho nitro benzene ring substituents is 1. The number of nitro benzene ring substituents is 1. The van der Waals surface area contributed by atoms with Gasteiger partial charge in [-0.3, -0.25) is 14.9 Å². The van der Waals surface area contributed by atoms with Crippen LogP contribution < -0.4 is 15.4 Å². The van der Waals surface area contributed by atoms with E-state index in [1.807, 2.05) is 0 Å². The van der Waals surface area contributed by atoms with Gasteiger partial charge in [0, 0.05) is 12.3 Å². The predicted octanol–water partition coefficient (Wildman–Crippen LogP) is 2.77. The number of carbonyl (C=O) groups is 1. The van der Waals surface area contributed by atoms with Crippen LogP contribution in [-0.4, -0.2) is 23.0 Å². The van der Waals surface area contributed by atoms with Crippen molar-refractivity contribution in [2.45, 2.75) is 0 Å². The number of phenols is 1. The Morgan fingerprint density at radius 1 is 1.31 bits per heavy atom. The molecule has 2 aromatic rings. The number of nitrogens with one attached hydrogen (secondary N) is 2. The minimum atomic E-state index is -0.748. The van der Waals surface area contributed by atoms with Crippen LogP contribution in [0.5, 0.6) is 11.5 Å². The molecule has 9 nitrogen and oxygen atoms in total. The van der Waals surface area contributed by atoms with Gasteiger partial charge in [0.25, 0.3) is 11.6 Å². The molecule has 0 atom stereocenters. The lowest BCUT2D eigenvalue weighted by atomic mass is 10.2. The molecule has 0 radical (unpaired) electrons. The molecule has 0 aliphatic carbocycles. The monoisotopic (exact) mass is 354 g/mol. The second kappa shape index (κ2) is 8.16. The van der Waals surface area contributed by atoms with Gasteiger partial charge >= 0.3 is 0 Å². The van der Waals surface area contributed by atoms with Crippen molar-refractivity contribution in [2.24, 2.45) is 0 Å². The Morgan fingerprint density at radius 2 is 2.04 bits per heavy atom. The van der Waals surface area contributed by atoms with Crippen LogP contribution in [0.15, 0.2) is 54.2 Å². The standard InChI is InChI=1S/C17H14N4O5/c1-26-16-8-12(21(24)25)6-7-14(16)20-17(23)11(9-18)10-19-13-4-2-3-5-15(13)22/h2-8,10,19,22H,1H3,(H,20,23)/b11-10-. The Bertz CT molecular complexity index is 918. The van der Waals surface area contributed by atoms with Crippen molar-refractivity contribution in [3.05, 3.63) is 64.4 Å². The molecule has 132 valence electrons. The van der Waals surface area contributed by atoms with E-state index in [0.29, 0.717) is 5.69 Å². The molecule has 0 aromatic heterocycles. The lowest BCUT2D eigenvalue weighted by Crippen LogP contribution is -2.15. The third kappa shape index (κ3) is 4.27. The van der Waals surface area contributed by atoms with E-state index in [2.05, 4.69) is 10.6 Å². The number of para-hydroxylation sites is 2. The average molecular weight is 354 g/mol. The van der Waals surface area contributed by atoms with Crippen molar-refractivity contribution in [3.63, 3.8) is 0 Å². The maximum Gasteiger partial charge on any atom is 0.273 e. The Kier molecular flexibility index (Phi) is 5.74. The van der Waals surface area contributed by atoms with E-state index in [9.17, 15) is 20.0 Å². The zero-order valence-corrected chi connectivity index (χ0v) is 13.6. The van der Waals surface area contributed by atoms with E-state index in [-0.39, 0.29) is 28.4 Å². The maximum atomic E-state index is 12.2. The summed E-state index contributed by atoms with van der Waals surface area (Å²) in [6.07, 6.45) is 1.14. The number of rotatable bonds is 6. The van der Waals surface area contributed by atoms with Crippen LogP contribution in [0.25, 0.3) is 0 Å². The highest BCUT2D eigenvalue weighted by Crippen LogP contribution is 2.29. The third-order valence-corrected chi connectivity index (χ3v) is 3.29. The number of nitro groups is 1. The fourth-order valence-corrected chi connectivity index (χ4v) is 1.98. The van der Waals surface area contributed by atoms with Crippen molar-refractivity contribution >= 4 is 23.0 Å². The van der Waals surface area contributed by atoms with Crippen LogP contribution >= 0.6 is 0 Å². The molecule has 3 N–H and O–H groups in total. The highest BCUT2D eigenvalue weighted by Gasteiger charge is 2.15. The van der Waals surface area contributed by atoms with E-state index in [1.165, 1.54) is 25.3 Å². The molecule has 0 spiro atoms. The Balaban J connectivity index is 2.19. The first-order valence-electron chi connectivity index (χ1n) is 7.25. The number of amides is 1. The molecule has 0 aliphatic rings. The molecule has 0 unspecified atom stereocenters. The summed E-state index contributed by atoms with van der Waals surface area (Å²) in [6, 6.07) is 11.7. The normalized spacial score (nSPS) is 10.5. The van der Waals surface area contributed by atoms with Gasteiger partial charge in [0.2, 0.25) is 0 Å². The number of nitrogens with zero attached hydrogens (tertiary/aromatic N) is 2. The van der Waals surface area contributed by atoms with E-state index < -0.39 is 10.8 Å². The summed E-state index contributed by atoms with van der Waals surface area (Å²) >= 11 is 0. The van der Waals surface area contributed by atoms with E-state index in [1.54, 1.807) is 24.3 Å². The summed E-state index contributed by atoms with van der Waals surface area (Å²) in [5, 5.41) is 34.7. The summed E-state index contributed by atoms with van der Waals surface area (Å²) < 4.78 is 5.03. The van der Waals surface area contributed by atoms with Gasteiger partial charge in [-0.25, -0.2) is 0 Å². The lowest BCUT2D eigenvalue weighted by molar-refractivity contribution is -0.384. The van der Waals surface area contributed by atoms with Crippen LogP contribution in [0.1, 0.15) is 0 Å². The number of hydrogen-bond donors (Lipinski definition) is 3. The molecule has 0 saturated carbocycles. The number of phenolic OH excluding ortho intramolecular Hbond substituents is 1. The van der Waals surface area contributed by atoms with Crippen molar-refractivity contribution < 1.29 is 19.6 Å². The van der Waals surface area contributed by atoms with Crippen LogP contribution in [0.4, 0.5) is 17.1 Å². The van der Waals surface area contributed by atoms with Crippen LogP contribution in [0.3, 0.4) is 0 Å². The van der Waals surface area contributed by atoms with Gasteiger partial charge in [-0.1, -0.05) is 12.1 Å². The SMILES string of the molecule is COc1cc([N+](=O)[O-])ccc1NC(=O)/C(C#N)=C\Nc1ccccc1O. The first-order valence-corrected chi connectivity index (χ1v) is 7.25. The average Bonchev–Trinajstić information content (AvgIpc) is 2.63. The number of methoxy groups -OCH3 is 1. The summed E-state index contributed by atoms with van der Waals surface area (Å²) in [6.45, 7) is 0. The number of aromatic hydroxyl groups is 1. The topological polar surface area (TPSA) is 138 Å². The number of anilines is 2. The molecule has 9 heteroatoms. The van der Waals surface area contributed by atoms with Crippen molar-refractivity contribution in [2.75, 3.05) is 17.7 Å². The summed E-state index contributed by atoms with van der Waals surface area (Å²) in [7, 11) is 1.30. The smallest absolute Gasteiger partial charge is 0.273 e. The molecule has 26 heavy (non-hydrogen) atoms. The quantitative estimate of drug-likeness (QED) is 0.238. The molecule has 0 saturated heterocycles.